The van der Waals surface area contributed by atoms with Crippen LogP contribution in [0.5, 0.6) is 0 Å². The van der Waals surface area contributed by atoms with Crippen LogP contribution >= 0.6 is 0 Å². The second-order valence-electron chi connectivity index (χ2n) is 3.98. The average molecular weight is 205 g/mol. The summed E-state index contributed by atoms with van der Waals surface area (Å²) in [6, 6.07) is 10.1. The average Bonchev–Trinajstić information content (AvgIpc) is 2.24. The van der Waals surface area contributed by atoms with Gasteiger partial charge in [-0.15, -0.1) is 0 Å². The van der Waals surface area contributed by atoms with Gasteiger partial charge in [-0.25, -0.2) is 0 Å². The fourth-order valence-electron chi connectivity index (χ4n) is 1.85. The molecule has 1 aromatic rings. The third kappa shape index (κ3) is 2.02. The first-order valence-electron chi connectivity index (χ1n) is 5.13. The molecule has 2 rings (SSSR count). The van der Waals surface area contributed by atoms with E-state index in [1.165, 1.54) is 0 Å². The van der Waals surface area contributed by atoms with E-state index >= 15 is 0 Å². The van der Waals surface area contributed by atoms with Crippen LogP contribution in [-0.2, 0) is 9.53 Å². The number of hydrogen-bond donors (Lipinski definition) is 0. The minimum Gasteiger partial charge on any atom is -0.455 e. The molecule has 0 N–H and O–H groups in total. The van der Waals surface area contributed by atoms with Gasteiger partial charge in [0.1, 0.15) is 6.10 Å². The third-order valence-electron chi connectivity index (χ3n) is 2.90. The summed E-state index contributed by atoms with van der Waals surface area (Å²) in [5, 5.41) is 0. The molecule has 0 aliphatic carbocycles. The van der Waals surface area contributed by atoms with Gasteiger partial charge >= 0.3 is 5.97 Å². The molecule has 1 heterocycles. The monoisotopic (exact) mass is 205 g/mol. The molecule has 2 atom stereocenters. The van der Waals surface area contributed by atoms with E-state index < -0.39 is 0 Å². The Labute approximate surface area is 89.7 Å². The Morgan fingerprint density at radius 3 is 2.67 bits per heavy atom. The van der Waals surface area contributed by atoms with Gasteiger partial charge in [0.25, 0.3) is 0 Å². The van der Waals surface area contributed by atoms with Crippen molar-refractivity contribution in [3.63, 3.8) is 0 Å². The number of likely N-dealkylation sites (N-methyl/N-ethyl adjacent to an activating group) is 1. The number of hydrogen-bond acceptors (Lipinski definition) is 3. The van der Waals surface area contributed by atoms with Gasteiger partial charge in [0.05, 0.1) is 6.54 Å². The zero-order valence-corrected chi connectivity index (χ0v) is 9.01. The van der Waals surface area contributed by atoms with Crippen LogP contribution < -0.4 is 0 Å². The molecular formula is C12H15NO2. The van der Waals surface area contributed by atoms with Crippen molar-refractivity contribution >= 4 is 5.97 Å². The maximum atomic E-state index is 11.3. The van der Waals surface area contributed by atoms with E-state index in [1.54, 1.807) is 0 Å². The summed E-state index contributed by atoms with van der Waals surface area (Å²) in [7, 11) is 1.95. The minimum atomic E-state index is -0.149. The fourth-order valence-corrected chi connectivity index (χ4v) is 1.85. The van der Waals surface area contributed by atoms with Crippen molar-refractivity contribution in [2.24, 2.45) is 0 Å². The van der Waals surface area contributed by atoms with Crippen LogP contribution in [0.2, 0.25) is 0 Å². The van der Waals surface area contributed by atoms with Crippen LogP contribution in [0.4, 0.5) is 0 Å². The highest BCUT2D eigenvalue weighted by molar-refractivity contribution is 5.73. The Morgan fingerprint density at radius 1 is 1.33 bits per heavy atom. The molecule has 1 saturated heterocycles. The number of esters is 1. The molecule has 1 aromatic carbocycles. The molecule has 0 amide bonds. The first-order chi connectivity index (χ1) is 7.18. The SMILES string of the molecule is C[C@H]1[C@H](c2ccccc2)OC(=O)CN1C. The first-order valence-corrected chi connectivity index (χ1v) is 5.13. The molecule has 3 nitrogen and oxygen atoms in total. The quantitative estimate of drug-likeness (QED) is 0.652. The summed E-state index contributed by atoms with van der Waals surface area (Å²) < 4.78 is 5.37. The Morgan fingerprint density at radius 2 is 2.00 bits per heavy atom. The summed E-state index contributed by atoms with van der Waals surface area (Å²) in [5.41, 5.74) is 1.06. The van der Waals surface area contributed by atoms with Gasteiger partial charge in [-0.3, -0.25) is 9.69 Å². The van der Waals surface area contributed by atoms with E-state index in [9.17, 15) is 4.79 Å². The van der Waals surface area contributed by atoms with E-state index in [-0.39, 0.29) is 18.1 Å². The first kappa shape index (κ1) is 10.2. The molecule has 1 aliphatic heterocycles. The van der Waals surface area contributed by atoms with E-state index in [2.05, 4.69) is 6.92 Å². The summed E-state index contributed by atoms with van der Waals surface area (Å²) in [6.07, 6.45) is -0.141. The van der Waals surface area contributed by atoms with Gasteiger partial charge in [0, 0.05) is 6.04 Å². The molecule has 15 heavy (non-hydrogen) atoms. The number of rotatable bonds is 1. The molecule has 0 unspecified atom stereocenters. The Balaban J connectivity index is 2.24. The maximum Gasteiger partial charge on any atom is 0.320 e. The summed E-state index contributed by atoms with van der Waals surface area (Å²) in [4.78, 5) is 13.4. The van der Waals surface area contributed by atoms with E-state index in [0.717, 1.165) is 5.56 Å². The normalized spacial score (nSPS) is 27.5. The highest BCUT2D eigenvalue weighted by Crippen LogP contribution is 2.27. The predicted molar refractivity (Wildman–Crippen MR) is 57.4 cm³/mol. The maximum absolute atomic E-state index is 11.3. The largest absolute Gasteiger partial charge is 0.455 e. The van der Waals surface area contributed by atoms with Gasteiger partial charge in [0.15, 0.2) is 0 Å². The molecule has 0 aromatic heterocycles. The molecule has 0 saturated carbocycles. The van der Waals surface area contributed by atoms with Crippen molar-refractivity contribution in [3.05, 3.63) is 35.9 Å². The summed E-state index contributed by atoms with van der Waals surface area (Å²) >= 11 is 0. The van der Waals surface area contributed by atoms with Crippen LogP contribution in [0.25, 0.3) is 0 Å². The number of benzene rings is 1. The molecule has 1 fully saturated rings. The smallest absolute Gasteiger partial charge is 0.320 e. The lowest BCUT2D eigenvalue weighted by Gasteiger charge is -2.36. The third-order valence-corrected chi connectivity index (χ3v) is 2.90. The molecule has 0 spiro atoms. The van der Waals surface area contributed by atoms with Gasteiger partial charge in [-0.1, -0.05) is 30.3 Å². The zero-order valence-electron chi connectivity index (χ0n) is 9.01. The van der Waals surface area contributed by atoms with Crippen molar-refractivity contribution < 1.29 is 9.53 Å². The molecular weight excluding hydrogens is 190 g/mol. The van der Waals surface area contributed by atoms with Crippen LogP contribution in [0.15, 0.2) is 30.3 Å². The van der Waals surface area contributed by atoms with Crippen molar-refractivity contribution in [1.29, 1.82) is 0 Å². The summed E-state index contributed by atoms with van der Waals surface area (Å²) in [6.45, 7) is 2.45. The van der Waals surface area contributed by atoms with Gasteiger partial charge in [-0.05, 0) is 19.5 Å². The second kappa shape index (κ2) is 4.03. The highest BCUT2D eigenvalue weighted by Gasteiger charge is 2.32. The second-order valence-corrected chi connectivity index (χ2v) is 3.98. The number of morpholine rings is 1. The molecule has 0 radical (unpaired) electrons. The number of nitrogens with zero attached hydrogens (tertiary/aromatic N) is 1. The number of carbonyl (C=O) groups is 1. The van der Waals surface area contributed by atoms with Crippen LogP contribution in [0.1, 0.15) is 18.6 Å². The number of cyclic esters (lactones) is 1. The van der Waals surface area contributed by atoms with Gasteiger partial charge in [-0.2, -0.15) is 0 Å². The van der Waals surface area contributed by atoms with Gasteiger partial charge in [0.2, 0.25) is 0 Å². The molecule has 80 valence electrons. The van der Waals surface area contributed by atoms with Crippen LogP contribution in [-0.4, -0.2) is 30.5 Å². The fraction of sp³-hybridized carbons (Fsp3) is 0.417. The Kier molecular flexibility index (Phi) is 2.73. The topological polar surface area (TPSA) is 29.5 Å². The van der Waals surface area contributed by atoms with Crippen molar-refractivity contribution in [2.75, 3.05) is 13.6 Å². The number of ether oxygens (including phenoxy) is 1. The lowest BCUT2D eigenvalue weighted by atomic mass is 10.0. The molecule has 1 aliphatic rings. The van der Waals surface area contributed by atoms with E-state index in [1.807, 2.05) is 42.3 Å². The lowest BCUT2D eigenvalue weighted by Crippen LogP contribution is -2.45. The molecule has 3 heteroatoms. The highest BCUT2D eigenvalue weighted by atomic mass is 16.5. The lowest BCUT2D eigenvalue weighted by molar-refractivity contribution is -0.163. The van der Waals surface area contributed by atoms with E-state index in [4.69, 9.17) is 4.74 Å². The number of carbonyl (C=O) groups excluding carboxylic acids is 1. The van der Waals surface area contributed by atoms with Crippen molar-refractivity contribution in [2.45, 2.75) is 19.1 Å². The van der Waals surface area contributed by atoms with Crippen LogP contribution in [0.3, 0.4) is 0 Å². The standard InChI is InChI=1S/C12H15NO2/c1-9-12(10-6-4-3-5-7-10)15-11(14)8-13(9)2/h3-7,9,12H,8H2,1-2H3/t9-,12+/m0/s1. The molecule has 0 bridgehead atoms. The van der Waals surface area contributed by atoms with Crippen molar-refractivity contribution in [3.8, 4) is 0 Å². The van der Waals surface area contributed by atoms with Crippen LogP contribution in [0, 0.1) is 0 Å². The minimum absolute atomic E-state index is 0.141. The predicted octanol–water partition coefficient (Wildman–Crippen LogP) is 1.60. The Hall–Kier alpha value is -1.35. The zero-order chi connectivity index (χ0) is 10.8. The summed E-state index contributed by atoms with van der Waals surface area (Å²) in [5.74, 6) is -0.149. The Bertz CT molecular complexity index is 350. The van der Waals surface area contributed by atoms with Gasteiger partial charge < -0.3 is 4.74 Å². The van der Waals surface area contributed by atoms with Crippen molar-refractivity contribution in [1.82, 2.24) is 4.90 Å². The van der Waals surface area contributed by atoms with E-state index in [0.29, 0.717) is 6.54 Å².